The molecule has 10 heteroatoms. The number of ether oxygens (including phenoxy) is 1. The lowest BCUT2D eigenvalue weighted by molar-refractivity contribution is -0.140. The van der Waals surface area contributed by atoms with Crippen molar-refractivity contribution in [3.63, 3.8) is 0 Å². The highest BCUT2D eigenvalue weighted by Crippen LogP contribution is 2.65. The Kier molecular flexibility index (Phi) is 9.20. The van der Waals surface area contributed by atoms with Crippen LogP contribution in [0.2, 0.25) is 5.02 Å². The SMILES string of the molecule is O=C1[C@H]2[C@H](CC=C3[C@H]2C[C@H]2C(=O)N(c4cccc(Cl)c4)C(=O)[C@@]2(c2ccccc2)[C@H]3c2ccc(OCc3ccccc3)cc2O)C(=O)N1CCc1ccc(O)cc1. The monoisotopic (exact) mass is 778 g/mol. The highest BCUT2D eigenvalue weighted by molar-refractivity contribution is 6.32. The number of carbonyl (C=O) groups is 4. The van der Waals surface area contributed by atoms with Crippen molar-refractivity contribution in [2.24, 2.45) is 23.7 Å². The molecule has 0 spiro atoms. The molecule has 5 aromatic rings. The largest absolute Gasteiger partial charge is 0.508 e. The maximum atomic E-state index is 15.5. The smallest absolute Gasteiger partial charge is 0.246 e. The third kappa shape index (κ3) is 6.00. The Morgan fingerprint density at radius 1 is 0.737 bits per heavy atom. The first kappa shape index (κ1) is 36.4. The van der Waals surface area contributed by atoms with E-state index in [1.165, 1.54) is 15.9 Å². The summed E-state index contributed by atoms with van der Waals surface area (Å²) in [5, 5.41) is 22.1. The number of halogens is 1. The summed E-state index contributed by atoms with van der Waals surface area (Å²) in [5.74, 6) is -4.82. The van der Waals surface area contributed by atoms with Gasteiger partial charge in [0.15, 0.2) is 0 Å². The maximum Gasteiger partial charge on any atom is 0.246 e. The average Bonchev–Trinajstić information content (AvgIpc) is 3.61. The molecule has 4 aliphatic rings. The summed E-state index contributed by atoms with van der Waals surface area (Å²) in [6.45, 7) is 0.444. The standard InChI is InChI=1S/C47H39ClN2O7/c48-31-12-7-13-32(24-31)50-44(54)39-26-38-35(20-21-37-41(38)45(55)49(43(37)53)23-22-28-14-16-33(51)17-15-28)42(47(39,46(50)56)30-10-5-2-6-11-30)36-19-18-34(25-40(36)52)57-27-29-8-3-1-4-9-29/h1-20,24-25,37-39,41-42,51-52H,21-23,26-27H2/t37-,38+,39-,41-,42+,47+/m0/s1. The predicted molar refractivity (Wildman–Crippen MR) is 213 cm³/mol. The van der Waals surface area contributed by atoms with Crippen LogP contribution in [0.3, 0.4) is 0 Å². The molecule has 6 atom stereocenters. The number of fused-ring (bicyclic) bond motifs is 4. The first-order valence-electron chi connectivity index (χ1n) is 19.2. The fourth-order valence-corrected chi connectivity index (χ4v) is 10.1. The van der Waals surface area contributed by atoms with Crippen LogP contribution in [0.1, 0.15) is 41.0 Å². The first-order valence-corrected chi connectivity index (χ1v) is 19.6. The van der Waals surface area contributed by atoms with Crippen molar-refractivity contribution < 1.29 is 34.1 Å². The highest BCUT2D eigenvalue weighted by atomic mass is 35.5. The van der Waals surface area contributed by atoms with Crippen molar-refractivity contribution >= 4 is 40.9 Å². The van der Waals surface area contributed by atoms with E-state index in [0.29, 0.717) is 34.0 Å². The summed E-state index contributed by atoms with van der Waals surface area (Å²) in [5.41, 5.74) is 2.41. The molecule has 5 aromatic carbocycles. The molecule has 0 bridgehead atoms. The molecular formula is C47H39ClN2O7. The Morgan fingerprint density at radius 3 is 2.19 bits per heavy atom. The number of hydrogen-bond donors (Lipinski definition) is 2. The van der Waals surface area contributed by atoms with Crippen molar-refractivity contribution in [1.82, 2.24) is 4.90 Å². The van der Waals surface area contributed by atoms with Gasteiger partial charge in [0.1, 0.15) is 23.9 Å². The van der Waals surface area contributed by atoms with E-state index >= 15 is 9.59 Å². The zero-order valence-electron chi connectivity index (χ0n) is 30.8. The van der Waals surface area contributed by atoms with Gasteiger partial charge in [0.25, 0.3) is 0 Å². The molecule has 1 saturated carbocycles. The molecule has 9 nitrogen and oxygen atoms in total. The number of rotatable bonds is 9. The van der Waals surface area contributed by atoms with E-state index in [0.717, 1.165) is 16.7 Å². The quantitative estimate of drug-likeness (QED) is 0.116. The van der Waals surface area contributed by atoms with Crippen molar-refractivity contribution in [2.75, 3.05) is 11.4 Å². The molecule has 0 radical (unpaired) electrons. The normalized spacial score (nSPS) is 25.2. The van der Waals surface area contributed by atoms with E-state index in [4.69, 9.17) is 16.3 Å². The number of anilines is 1. The fourth-order valence-electron chi connectivity index (χ4n) is 9.88. The van der Waals surface area contributed by atoms with Crippen LogP contribution >= 0.6 is 11.6 Å². The second-order valence-corrected chi connectivity index (χ2v) is 15.8. The minimum atomic E-state index is -1.52. The second-order valence-electron chi connectivity index (χ2n) is 15.3. The topological polar surface area (TPSA) is 124 Å². The first-order chi connectivity index (χ1) is 27.7. The van der Waals surface area contributed by atoms with Gasteiger partial charge >= 0.3 is 0 Å². The van der Waals surface area contributed by atoms with Crippen LogP contribution in [0, 0.1) is 23.7 Å². The Morgan fingerprint density at radius 2 is 1.47 bits per heavy atom. The molecule has 57 heavy (non-hydrogen) atoms. The zero-order valence-corrected chi connectivity index (χ0v) is 31.6. The number of amides is 4. The third-order valence-corrected chi connectivity index (χ3v) is 12.6. The van der Waals surface area contributed by atoms with Crippen molar-refractivity contribution in [2.45, 2.75) is 37.2 Å². The molecular weight excluding hydrogens is 740 g/mol. The molecule has 286 valence electrons. The van der Waals surface area contributed by atoms with Gasteiger partial charge in [-0.05, 0) is 78.3 Å². The molecule has 0 unspecified atom stereocenters. The van der Waals surface area contributed by atoms with E-state index in [1.807, 2.05) is 66.7 Å². The minimum absolute atomic E-state index is 0.117. The number of phenols is 2. The van der Waals surface area contributed by atoms with Gasteiger partial charge in [-0.2, -0.15) is 0 Å². The Labute approximate surface area is 334 Å². The summed E-state index contributed by atoms with van der Waals surface area (Å²) < 4.78 is 6.08. The second kappa shape index (κ2) is 14.4. The number of likely N-dealkylation sites (tertiary alicyclic amines) is 1. The van der Waals surface area contributed by atoms with Gasteiger partial charge in [0, 0.05) is 29.1 Å². The lowest BCUT2D eigenvalue weighted by atomic mass is 9.49. The number of phenolic OH excluding ortho intramolecular Hbond substituents is 2. The van der Waals surface area contributed by atoms with E-state index in [2.05, 4.69) is 0 Å². The van der Waals surface area contributed by atoms with Gasteiger partial charge in [0.2, 0.25) is 23.6 Å². The summed E-state index contributed by atoms with van der Waals surface area (Å²) in [6.07, 6.45) is 2.80. The molecule has 2 aliphatic carbocycles. The van der Waals surface area contributed by atoms with Gasteiger partial charge in [-0.3, -0.25) is 24.1 Å². The highest BCUT2D eigenvalue weighted by Gasteiger charge is 2.70. The van der Waals surface area contributed by atoms with Crippen molar-refractivity contribution in [3.05, 3.63) is 166 Å². The van der Waals surface area contributed by atoms with Crippen LogP contribution in [0.4, 0.5) is 5.69 Å². The van der Waals surface area contributed by atoms with Gasteiger partial charge in [0.05, 0.1) is 28.9 Å². The Balaban J connectivity index is 1.17. The summed E-state index contributed by atoms with van der Waals surface area (Å²) in [7, 11) is 0. The van der Waals surface area contributed by atoms with E-state index < -0.39 is 46.8 Å². The Bertz CT molecular complexity index is 2440. The van der Waals surface area contributed by atoms with Crippen molar-refractivity contribution in [1.29, 1.82) is 0 Å². The molecule has 3 fully saturated rings. The predicted octanol–water partition coefficient (Wildman–Crippen LogP) is 7.74. The van der Waals surface area contributed by atoms with Crippen LogP contribution in [0.5, 0.6) is 17.2 Å². The number of hydrogen-bond acceptors (Lipinski definition) is 7. The molecule has 4 amide bonds. The fraction of sp³-hybridized carbons (Fsp3) is 0.234. The van der Waals surface area contributed by atoms with Crippen molar-refractivity contribution in [3.8, 4) is 17.2 Å². The molecule has 2 N–H and O–H groups in total. The van der Waals surface area contributed by atoms with Gasteiger partial charge in [-0.15, -0.1) is 0 Å². The molecule has 2 saturated heterocycles. The average molecular weight is 779 g/mol. The van der Waals surface area contributed by atoms with Crippen LogP contribution in [-0.4, -0.2) is 45.3 Å². The van der Waals surface area contributed by atoms with Crippen LogP contribution in [0.15, 0.2) is 139 Å². The summed E-state index contributed by atoms with van der Waals surface area (Å²) >= 11 is 6.44. The number of benzene rings is 5. The van der Waals surface area contributed by atoms with Crippen LogP contribution in [0.25, 0.3) is 0 Å². The number of allylic oxidation sites excluding steroid dienone is 2. The van der Waals surface area contributed by atoms with E-state index in [9.17, 15) is 19.8 Å². The van der Waals surface area contributed by atoms with E-state index in [1.54, 1.807) is 60.7 Å². The molecule has 2 aliphatic heterocycles. The minimum Gasteiger partial charge on any atom is -0.508 e. The zero-order chi connectivity index (χ0) is 39.4. The Hall–Kier alpha value is -6.19. The lowest BCUT2D eigenvalue weighted by Crippen LogP contribution is -2.53. The van der Waals surface area contributed by atoms with Crippen LogP contribution in [-0.2, 0) is 37.6 Å². The lowest BCUT2D eigenvalue weighted by Gasteiger charge is -2.50. The summed E-state index contributed by atoms with van der Waals surface area (Å²) in [6, 6.07) is 37.2. The molecule has 9 rings (SSSR count). The van der Waals surface area contributed by atoms with Gasteiger partial charge < -0.3 is 14.9 Å². The molecule has 0 aromatic heterocycles. The number of aromatic hydroxyl groups is 2. The number of carbonyl (C=O) groups excluding carboxylic acids is 4. The van der Waals surface area contributed by atoms with Crippen LogP contribution < -0.4 is 9.64 Å². The van der Waals surface area contributed by atoms with Gasteiger partial charge in [-0.1, -0.05) is 108 Å². The number of nitrogens with zero attached hydrogens (tertiary/aromatic N) is 2. The van der Waals surface area contributed by atoms with E-state index in [-0.39, 0.29) is 49.3 Å². The third-order valence-electron chi connectivity index (χ3n) is 12.4. The summed E-state index contributed by atoms with van der Waals surface area (Å²) in [4.78, 5) is 61.6. The number of imide groups is 2. The molecule has 2 heterocycles. The van der Waals surface area contributed by atoms with Gasteiger partial charge in [-0.25, -0.2) is 4.90 Å². The maximum absolute atomic E-state index is 15.5.